The minimum atomic E-state index is 0.195. The molecule has 4 nitrogen and oxygen atoms in total. The van der Waals surface area contributed by atoms with Gasteiger partial charge in [-0.05, 0) is 20.9 Å². The number of likely N-dealkylation sites (N-methyl/N-ethyl adjacent to an activating group) is 1. The maximum absolute atomic E-state index is 11.7. The van der Waals surface area contributed by atoms with E-state index in [4.69, 9.17) is 4.74 Å². The molecule has 1 aliphatic heterocycles. The van der Waals surface area contributed by atoms with Crippen LogP contribution in [0.15, 0.2) is 0 Å². The van der Waals surface area contributed by atoms with Gasteiger partial charge >= 0.3 is 0 Å². The van der Waals surface area contributed by atoms with E-state index in [1.54, 1.807) is 0 Å². The van der Waals surface area contributed by atoms with E-state index in [-0.39, 0.29) is 11.9 Å². The van der Waals surface area contributed by atoms with Crippen LogP contribution in [0.1, 0.15) is 20.3 Å². The van der Waals surface area contributed by atoms with E-state index in [0.29, 0.717) is 25.7 Å². The number of carbonyl (C=O) groups is 1. The van der Waals surface area contributed by atoms with Crippen LogP contribution in [-0.4, -0.2) is 49.7 Å². The van der Waals surface area contributed by atoms with Crippen molar-refractivity contribution in [3.63, 3.8) is 0 Å². The number of amides is 1. The Morgan fingerprint density at radius 1 is 1.71 bits per heavy atom. The van der Waals surface area contributed by atoms with E-state index in [2.05, 4.69) is 12.2 Å². The van der Waals surface area contributed by atoms with Gasteiger partial charge in [-0.1, -0.05) is 0 Å². The second-order valence-corrected chi connectivity index (χ2v) is 3.91. The Balaban J connectivity index is 2.56. The van der Waals surface area contributed by atoms with Crippen LogP contribution in [0.25, 0.3) is 0 Å². The summed E-state index contributed by atoms with van der Waals surface area (Å²) in [6.07, 6.45) is 0.515. The fraction of sp³-hybridized carbons (Fsp3) is 0.900. The lowest BCUT2D eigenvalue weighted by Gasteiger charge is -2.29. The molecule has 0 aromatic carbocycles. The number of nitrogens with one attached hydrogen (secondary N) is 1. The molecule has 1 rings (SSSR count). The normalized spacial score (nSPS) is 26.1. The van der Waals surface area contributed by atoms with Gasteiger partial charge in [0.1, 0.15) is 0 Å². The number of hydrogen-bond acceptors (Lipinski definition) is 3. The molecule has 0 aromatic heterocycles. The van der Waals surface area contributed by atoms with Crippen LogP contribution in [-0.2, 0) is 9.53 Å². The van der Waals surface area contributed by atoms with Gasteiger partial charge in [-0.25, -0.2) is 0 Å². The number of hydrogen-bond donors (Lipinski definition) is 1. The van der Waals surface area contributed by atoms with E-state index in [9.17, 15) is 4.79 Å². The summed E-state index contributed by atoms with van der Waals surface area (Å²) in [5, 5.41) is 3.14. The first-order valence-electron chi connectivity index (χ1n) is 5.19. The first-order valence-corrected chi connectivity index (χ1v) is 5.19. The number of rotatable bonds is 3. The summed E-state index contributed by atoms with van der Waals surface area (Å²) < 4.78 is 5.34. The Morgan fingerprint density at radius 2 is 2.43 bits per heavy atom. The highest BCUT2D eigenvalue weighted by atomic mass is 16.5. The molecule has 0 saturated carbocycles. The fourth-order valence-electron chi connectivity index (χ4n) is 1.56. The van der Waals surface area contributed by atoms with Crippen molar-refractivity contribution < 1.29 is 9.53 Å². The van der Waals surface area contributed by atoms with Gasteiger partial charge in [0, 0.05) is 12.6 Å². The Bertz CT molecular complexity index is 197. The Labute approximate surface area is 85.6 Å². The van der Waals surface area contributed by atoms with Crippen molar-refractivity contribution in [1.82, 2.24) is 10.2 Å². The quantitative estimate of drug-likeness (QED) is 0.709. The summed E-state index contributed by atoms with van der Waals surface area (Å²) in [5.41, 5.74) is 0. The zero-order valence-electron chi connectivity index (χ0n) is 9.25. The monoisotopic (exact) mass is 200 g/mol. The number of nitrogens with zero attached hydrogens (tertiary/aromatic N) is 1. The second-order valence-electron chi connectivity index (χ2n) is 3.91. The smallest absolute Gasteiger partial charge is 0.225 e. The zero-order chi connectivity index (χ0) is 10.6. The van der Waals surface area contributed by atoms with Gasteiger partial charge in [0.05, 0.1) is 25.7 Å². The number of ether oxygens (including phenoxy) is 1. The third-order valence-electron chi connectivity index (χ3n) is 2.64. The molecule has 14 heavy (non-hydrogen) atoms. The molecule has 1 heterocycles. The maximum atomic E-state index is 11.7. The summed E-state index contributed by atoms with van der Waals surface area (Å²) in [6.45, 7) is 6.09. The van der Waals surface area contributed by atoms with E-state index >= 15 is 0 Å². The molecule has 2 unspecified atom stereocenters. The Morgan fingerprint density at radius 3 is 3.07 bits per heavy atom. The molecule has 1 amide bonds. The highest BCUT2D eigenvalue weighted by Crippen LogP contribution is 2.08. The third kappa shape index (κ3) is 2.96. The summed E-state index contributed by atoms with van der Waals surface area (Å²) in [7, 11) is 1.91. The van der Waals surface area contributed by atoms with Crippen LogP contribution in [0.3, 0.4) is 0 Å². The molecule has 0 aliphatic carbocycles. The topological polar surface area (TPSA) is 41.6 Å². The van der Waals surface area contributed by atoms with E-state index in [1.807, 2.05) is 18.9 Å². The van der Waals surface area contributed by atoms with Crippen molar-refractivity contribution in [2.75, 3.05) is 26.8 Å². The summed E-state index contributed by atoms with van der Waals surface area (Å²) in [6, 6.07) is 0.528. The highest BCUT2D eigenvalue weighted by molar-refractivity contribution is 5.76. The molecule has 0 bridgehead atoms. The van der Waals surface area contributed by atoms with E-state index in [1.165, 1.54) is 0 Å². The lowest BCUT2D eigenvalue weighted by molar-refractivity contribution is -0.132. The van der Waals surface area contributed by atoms with Gasteiger partial charge in [0.25, 0.3) is 0 Å². The van der Waals surface area contributed by atoms with Gasteiger partial charge < -0.3 is 15.0 Å². The molecular weight excluding hydrogens is 180 g/mol. The molecule has 0 aromatic rings. The molecule has 4 heteroatoms. The van der Waals surface area contributed by atoms with E-state index < -0.39 is 0 Å². The lowest BCUT2D eigenvalue weighted by atomic mass is 10.2. The second kappa shape index (κ2) is 5.32. The van der Waals surface area contributed by atoms with Gasteiger partial charge in [0.15, 0.2) is 0 Å². The van der Waals surface area contributed by atoms with Gasteiger partial charge in [-0.2, -0.15) is 0 Å². The summed E-state index contributed by atoms with van der Waals surface area (Å²) >= 11 is 0. The van der Waals surface area contributed by atoms with Crippen LogP contribution >= 0.6 is 0 Å². The average molecular weight is 200 g/mol. The minimum Gasteiger partial charge on any atom is -0.379 e. The average Bonchev–Trinajstić information content (AvgIpc) is 2.32. The van der Waals surface area contributed by atoms with Crippen molar-refractivity contribution >= 4 is 5.91 Å². The van der Waals surface area contributed by atoms with Crippen molar-refractivity contribution in [3.05, 3.63) is 0 Å². The molecule has 2 atom stereocenters. The molecule has 0 radical (unpaired) electrons. The zero-order valence-corrected chi connectivity index (χ0v) is 9.25. The fourth-order valence-corrected chi connectivity index (χ4v) is 1.56. The van der Waals surface area contributed by atoms with Crippen molar-refractivity contribution in [2.45, 2.75) is 32.4 Å². The summed E-state index contributed by atoms with van der Waals surface area (Å²) in [5.74, 6) is 0.206. The third-order valence-corrected chi connectivity index (χ3v) is 2.64. The standard InChI is InChI=1S/C10H20N2O2/c1-8(11-3)6-12-9(2)7-14-5-4-10(12)13/h8-9,11H,4-7H2,1-3H3. The van der Waals surface area contributed by atoms with Crippen LogP contribution in [0.5, 0.6) is 0 Å². The van der Waals surface area contributed by atoms with Gasteiger partial charge in [0.2, 0.25) is 5.91 Å². The molecule has 1 saturated heterocycles. The van der Waals surface area contributed by atoms with Crippen LogP contribution in [0.4, 0.5) is 0 Å². The van der Waals surface area contributed by atoms with Crippen molar-refractivity contribution in [1.29, 1.82) is 0 Å². The van der Waals surface area contributed by atoms with Crippen molar-refractivity contribution in [2.24, 2.45) is 0 Å². The summed E-state index contributed by atoms with van der Waals surface area (Å²) in [4.78, 5) is 13.6. The molecule has 1 aliphatic rings. The molecule has 82 valence electrons. The highest BCUT2D eigenvalue weighted by Gasteiger charge is 2.24. The SMILES string of the molecule is CNC(C)CN1C(=O)CCOCC1C. The number of carbonyl (C=O) groups excluding carboxylic acids is 1. The lowest BCUT2D eigenvalue weighted by Crippen LogP contribution is -2.46. The largest absolute Gasteiger partial charge is 0.379 e. The predicted octanol–water partition coefficient (Wildman–Crippen LogP) is 0.232. The molecule has 1 N–H and O–H groups in total. The van der Waals surface area contributed by atoms with Crippen molar-refractivity contribution in [3.8, 4) is 0 Å². The Kier molecular flexibility index (Phi) is 4.35. The van der Waals surface area contributed by atoms with Gasteiger partial charge in [-0.3, -0.25) is 4.79 Å². The predicted molar refractivity (Wildman–Crippen MR) is 55.1 cm³/mol. The minimum absolute atomic E-state index is 0.195. The maximum Gasteiger partial charge on any atom is 0.225 e. The Hall–Kier alpha value is -0.610. The molecule has 0 spiro atoms. The van der Waals surface area contributed by atoms with Crippen LogP contribution in [0.2, 0.25) is 0 Å². The van der Waals surface area contributed by atoms with Crippen LogP contribution in [0, 0.1) is 0 Å². The van der Waals surface area contributed by atoms with E-state index in [0.717, 1.165) is 6.54 Å². The van der Waals surface area contributed by atoms with Crippen LogP contribution < -0.4 is 5.32 Å². The first kappa shape index (κ1) is 11.5. The van der Waals surface area contributed by atoms with Gasteiger partial charge in [-0.15, -0.1) is 0 Å². The first-order chi connectivity index (χ1) is 6.65. The molecule has 1 fully saturated rings. The molecular formula is C10H20N2O2.